The molecule has 0 atom stereocenters. The van der Waals surface area contributed by atoms with Gasteiger partial charge in [-0.1, -0.05) is 18.2 Å². The van der Waals surface area contributed by atoms with E-state index >= 15 is 0 Å². The van der Waals surface area contributed by atoms with Crippen molar-refractivity contribution >= 4 is 23.2 Å². The van der Waals surface area contributed by atoms with Crippen LogP contribution in [0.1, 0.15) is 5.56 Å². The van der Waals surface area contributed by atoms with Crippen LogP contribution in [0.2, 0.25) is 0 Å². The van der Waals surface area contributed by atoms with Crippen LogP contribution >= 0.6 is 11.6 Å². The molecular formula is C11H6ClF6NO. The first-order valence-electron chi connectivity index (χ1n) is 5.19. The third kappa shape index (κ3) is 2.02. The minimum Gasteiger partial charge on any atom is -0.449 e. The average Bonchev–Trinajstić information content (AvgIpc) is 2.34. The number of para-hydroxylation sites is 1. The zero-order chi connectivity index (χ0) is 15.2. The summed E-state index contributed by atoms with van der Waals surface area (Å²) in [6.07, 6.45) is -11.4. The van der Waals surface area contributed by atoms with Gasteiger partial charge in [-0.05, 0) is 6.07 Å². The molecule has 1 aliphatic heterocycles. The van der Waals surface area contributed by atoms with E-state index < -0.39 is 41.0 Å². The smallest absolute Gasteiger partial charge is 0.442 e. The molecule has 0 N–H and O–H groups in total. The Morgan fingerprint density at radius 2 is 1.60 bits per heavy atom. The number of hydrogen-bond donors (Lipinski definition) is 0. The molecule has 1 heterocycles. The van der Waals surface area contributed by atoms with E-state index in [1.165, 1.54) is 6.07 Å². The van der Waals surface area contributed by atoms with Crippen LogP contribution in [-0.4, -0.2) is 24.1 Å². The topological polar surface area (TPSA) is 21.6 Å². The van der Waals surface area contributed by atoms with Gasteiger partial charge in [0.25, 0.3) is 0 Å². The lowest BCUT2D eigenvalue weighted by Crippen LogP contribution is -2.58. The van der Waals surface area contributed by atoms with Crippen LogP contribution in [0.15, 0.2) is 29.3 Å². The number of alkyl halides is 7. The maximum absolute atomic E-state index is 13.1. The molecule has 0 saturated heterocycles. The summed E-state index contributed by atoms with van der Waals surface area (Å²) in [6.45, 7) is 0. The highest BCUT2D eigenvalue weighted by molar-refractivity contribution is 6.27. The number of fused-ring (bicyclic) bond motifs is 1. The fraction of sp³-hybridized carbons (Fsp3) is 0.364. The Morgan fingerprint density at radius 1 is 1.05 bits per heavy atom. The molecule has 1 aliphatic rings. The van der Waals surface area contributed by atoms with Gasteiger partial charge in [-0.25, -0.2) is 4.99 Å². The number of hydrogen-bond acceptors (Lipinski definition) is 2. The zero-order valence-corrected chi connectivity index (χ0v) is 10.3. The van der Waals surface area contributed by atoms with Gasteiger partial charge in [-0.2, -0.15) is 26.3 Å². The molecule has 0 unspecified atom stereocenters. The highest BCUT2D eigenvalue weighted by Crippen LogP contribution is 2.56. The van der Waals surface area contributed by atoms with E-state index in [9.17, 15) is 26.3 Å². The van der Waals surface area contributed by atoms with Crippen LogP contribution in [0.4, 0.5) is 32.0 Å². The zero-order valence-electron chi connectivity index (χ0n) is 9.52. The van der Waals surface area contributed by atoms with E-state index in [1.54, 1.807) is 0 Å². The first-order valence-corrected chi connectivity index (χ1v) is 5.72. The van der Waals surface area contributed by atoms with Crippen molar-refractivity contribution in [3.05, 3.63) is 29.8 Å². The summed E-state index contributed by atoms with van der Waals surface area (Å²) < 4.78 is 83.0. The minimum atomic E-state index is -5.71. The summed E-state index contributed by atoms with van der Waals surface area (Å²) in [6, 6.07) is 4.05. The second-order valence-corrected chi connectivity index (χ2v) is 4.20. The van der Waals surface area contributed by atoms with Crippen molar-refractivity contribution in [2.75, 3.05) is 5.88 Å². The Kier molecular flexibility index (Phi) is 3.40. The number of benzene rings is 1. The average molecular weight is 318 g/mol. The second kappa shape index (κ2) is 4.54. The van der Waals surface area contributed by atoms with Gasteiger partial charge in [0.05, 0.1) is 11.6 Å². The Morgan fingerprint density at radius 3 is 2.10 bits per heavy atom. The molecule has 1 aromatic carbocycles. The molecule has 0 aromatic heterocycles. The lowest BCUT2D eigenvalue weighted by Gasteiger charge is -2.40. The van der Waals surface area contributed by atoms with E-state index in [2.05, 4.69) is 9.73 Å². The van der Waals surface area contributed by atoms with Gasteiger partial charge in [-0.3, -0.25) is 0 Å². The summed E-state index contributed by atoms with van der Waals surface area (Å²) in [5.74, 6) is -1.54. The molecule has 0 saturated carbocycles. The summed E-state index contributed by atoms with van der Waals surface area (Å²) in [4.78, 5) is 3.55. The van der Waals surface area contributed by atoms with E-state index in [0.29, 0.717) is 6.07 Å². The van der Waals surface area contributed by atoms with E-state index in [0.717, 1.165) is 12.1 Å². The van der Waals surface area contributed by atoms with Gasteiger partial charge < -0.3 is 4.74 Å². The van der Waals surface area contributed by atoms with Gasteiger partial charge in [0.1, 0.15) is 0 Å². The Balaban J connectivity index is 2.79. The highest BCUT2D eigenvalue weighted by atomic mass is 35.5. The first-order chi connectivity index (χ1) is 9.13. The van der Waals surface area contributed by atoms with Crippen molar-refractivity contribution in [3.8, 4) is 0 Å². The standard InChI is InChI=1S/C11H6ClF6NO/c12-5-8-19-7-4-2-1-3-6(7)9(20-8,10(13,14)15)11(16,17)18/h1-4H,5H2. The maximum atomic E-state index is 13.1. The molecule has 0 amide bonds. The largest absolute Gasteiger partial charge is 0.449 e. The predicted octanol–water partition coefficient (Wildman–Crippen LogP) is 4.31. The molecular weight excluding hydrogens is 312 g/mol. The van der Waals surface area contributed by atoms with Gasteiger partial charge in [0.2, 0.25) is 5.90 Å². The number of ether oxygens (including phenoxy) is 1. The van der Waals surface area contributed by atoms with E-state index in [-0.39, 0.29) is 0 Å². The molecule has 2 nitrogen and oxygen atoms in total. The lowest BCUT2D eigenvalue weighted by atomic mass is 9.89. The highest BCUT2D eigenvalue weighted by Gasteiger charge is 2.76. The van der Waals surface area contributed by atoms with Gasteiger partial charge >= 0.3 is 18.0 Å². The molecule has 9 heteroatoms. The van der Waals surface area contributed by atoms with Crippen molar-refractivity contribution < 1.29 is 31.1 Å². The van der Waals surface area contributed by atoms with Crippen LogP contribution in [0.5, 0.6) is 0 Å². The third-order valence-corrected chi connectivity index (χ3v) is 2.94. The SMILES string of the molecule is FC(F)(F)C1(C(F)(F)F)OC(CCl)=Nc2ccccc21. The quantitative estimate of drug-likeness (QED) is 0.559. The van der Waals surface area contributed by atoms with Crippen molar-refractivity contribution in [2.45, 2.75) is 18.0 Å². The summed E-state index contributed by atoms with van der Waals surface area (Å²) in [5, 5.41) is 0. The molecule has 0 bridgehead atoms. The number of aliphatic imine (C=N–C) groups is 1. The molecule has 20 heavy (non-hydrogen) atoms. The second-order valence-electron chi connectivity index (χ2n) is 3.94. The number of rotatable bonds is 1. The Hall–Kier alpha value is -1.44. The fourth-order valence-corrected chi connectivity index (χ4v) is 2.01. The van der Waals surface area contributed by atoms with Gasteiger partial charge in [0, 0.05) is 5.56 Å². The maximum Gasteiger partial charge on any atom is 0.442 e. The summed E-state index contributed by atoms with van der Waals surface area (Å²) in [7, 11) is 0. The monoisotopic (exact) mass is 317 g/mol. The first kappa shape index (κ1) is 15.0. The van der Waals surface area contributed by atoms with Crippen LogP contribution in [-0.2, 0) is 10.3 Å². The normalized spacial score (nSPS) is 18.1. The summed E-state index contributed by atoms with van der Waals surface area (Å²) >= 11 is 5.28. The van der Waals surface area contributed by atoms with Gasteiger partial charge in [-0.15, -0.1) is 11.6 Å². The summed E-state index contributed by atoms with van der Waals surface area (Å²) in [5.41, 5.74) is -6.03. The lowest BCUT2D eigenvalue weighted by molar-refractivity contribution is -0.370. The van der Waals surface area contributed by atoms with Crippen molar-refractivity contribution in [1.82, 2.24) is 0 Å². The number of nitrogens with zero attached hydrogens (tertiary/aromatic N) is 1. The van der Waals surface area contributed by atoms with Crippen LogP contribution in [0.25, 0.3) is 0 Å². The molecule has 0 aliphatic carbocycles. The fourth-order valence-electron chi connectivity index (χ4n) is 1.90. The molecule has 1 aromatic rings. The third-order valence-electron chi connectivity index (χ3n) is 2.71. The Labute approximate surface area is 114 Å². The molecule has 110 valence electrons. The molecule has 0 spiro atoms. The van der Waals surface area contributed by atoms with Crippen molar-refractivity contribution in [2.24, 2.45) is 4.99 Å². The van der Waals surface area contributed by atoms with Crippen LogP contribution in [0.3, 0.4) is 0 Å². The molecule has 2 rings (SSSR count). The molecule has 0 radical (unpaired) electrons. The number of halogens is 7. The minimum absolute atomic E-state index is 0.468. The Bertz CT molecular complexity index is 537. The predicted molar refractivity (Wildman–Crippen MR) is 59.1 cm³/mol. The van der Waals surface area contributed by atoms with Crippen molar-refractivity contribution in [1.29, 1.82) is 0 Å². The van der Waals surface area contributed by atoms with Crippen LogP contribution < -0.4 is 0 Å². The van der Waals surface area contributed by atoms with Crippen LogP contribution in [0, 0.1) is 0 Å². The van der Waals surface area contributed by atoms with Crippen molar-refractivity contribution in [3.63, 3.8) is 0 Å². The van der Waals surface area contributed by atoms with Gasteiger partial charge in [0.15, 0.2) is 0 Å². The van der Waals surface area contributed by atoms with E-state index in [1.807, 2.05) is 0 Å². The van der Waals surface area contributed by atoms with E-state index in [4.69, 9.17) is 11.6 Å². The molecule has 0 fully saturated rings.